The van der Waals surface area contributed by atoms with Crippen molar-refractivity contribution in [2.75, 3.05) is 5.32 Å². The smallest absolute Gasteiger partial charge is 0.305 e. The molecule has 3 aromatic heterocycles. The second-order valence-electron chi connectivity index (χ2n) is 6.20. The van der Waals surface area contributed by atoms with Crippen molar-refractivity contribution >= 4 is 17.4 Å². The summed E-state index contributed by atoms with van der Waals surface area (Å²) in [5, 5.41) is 14.3. The fourth-order valence-electron chi connectivity index (χ4n) is 2.78. The fraction of sp³-hybridized carbons (Fsp3) is 0.105. The minimum atomic E-state index is -4.53. The first kappa shape index (κ1) is 18.5. The number of aryl methyl sites for hydroxylation is 1. The summed E-state index contributed by atoms with van der Waals surface area (Å²) in [5.41, 5.74) is 0.0937. The summed E-state index contributed by atoms with van der Waals surface area (Å²) in [5.74, 6) is -0.314. The molecule has 0 atom stereocenters. The van der Waals surface area contributed by atoms with E-state index in [2.05, 4.69) is 25.6 Å². The zero-order valence-electron chi connectivity index (χ0n) is 15.0. The van der Waals surface area contributed by atoms with Crippen LogP contribution >= 0.6 is 0 Å². The van der Waals surface area contributed by atoms with Crippen molar-refractivity contribution in [1.82, 2.24) is 24.8 Å². The van der Waals surface area contributed by atoms with E-state index in [1.54, 1.807) is 19.1 Å². The minimum Gasteiger partial charge on any atom is -0.305 e. The van der Waals surface area contributed by atoms with Gasteiger partial charge in [-0.25, -0.2) is 9.50 Å². The Balaban J connectivity index is 1.74. The first-order valence-corrected chi connectivity index (χ1v) is 8.45. The quantitative estimate of drug-likeness (QED) is 0.568. The van der Waals surface area contributed by atoms with Gasteiger partial charge in [0.2, 0.25) is 0 Å². The number of fused-ring (bicyclic) bond motifs is 1. The van der Waals surface area contributed by atoms with E-state index in [1.807, 2.05) is 0 Å². The number of hydrogen-bond donors (Lipinski definition) is 1. The van der Waals surface area contributed by atoms with Crippen molar-refractivity contribution < 1.29 is 18.0 Å². The first-order valence-electron chi connectivity index (χ1n) is 8.45. The molecule has 1 N–H and O–H groups in total. The molecule has 4 rings (SSSR count). The number of benzene rings is 1. The van der Waals surface area contributed by atoms with Crippen LogP contribution in [0.5, 0.6) is 0 Å². The summed E-state index contributed by atoms with van der Waals surface area (Å²) < 4.78 is 41.3. The van der Waals surface area contributed by atoms with Crippen LogP contribution in [0.1, 0.15) is 21.6 Å². The molecule has 0 radical (unpaired) electrons. The molecule has 0 fully saturated rings. The van der Waals surface area contributed by atoms with E-state index >= 15 is 0 Å². The Labute approximate surface area is 162 Å². The zero-order valence-corrected chi connectivity index (χ0v) is 15.0. The Morgan fingerprint density at radius 3 is 2.59 bits per heavy atom. The van der Waals surface area contributed by atoms with Crippen LogP contribution in [0.25, 0.3) is 16.9 Å². The van der Waals surface area contributed by atoms with Crippen LogP contribution in [0, 0.1) is 6.92 Å². The van der Waals surface area contributed by atoms with E-state index in [0.29, 0.717) is 5.69 Å². The summed E-state index contributed by atoms with van der Waals surface area (Å²) in [6.07, 6.45) is -1.79. The second-order valence-corrected chi connectivity index (χ2v) is 6.20. The number of alkyl halides is 3. The molecule has 0 aliphatic heterocycles. The molecule has 1 aromatic carbocycles. The molecule has 0 aliphatic carbocycles. The van der Waals surface area contributed by atoms with Crippen molar-refractivity contribution in [2.24, 2.45) is 0 Å². The average molecular weight is 398 g/mol. The number of halogens is 3. The predicted octanol–water partition coefficient (Wildman–Crippen LogP) is 3.77. The van der Waals surface area contributed by atoms with Gasteiger partial charge in [-0.1, -0.05) is 18.2 Å². The number of nitrogens with zero attached hydrogens (tertiary/aromatic N) is 5. The number of aromatic nitrogens is 5. The topological polar surface area (TPSA) is 85.1 Å². The summed E-state index contributed by atoms with van der Waals surface area (Å²) >= 11 is 0. The van der Waals surface area contributed by atoms with E-state index < -0.39 is 17.6 Å². The third-order valence-corrected chi connectivity index (χ3v) is 4.16. The van der Waals surface area contributed by atoms with Gasteiger partial charge in [-0.2, -0.15) is 23.4 Å². The summed E-state index contributed by atoms with van der Waals surface area (Å²) in [6, 6.07) is 9.81. The first-order chi connectivity index (χ1) is 13.8. The summed E-state index contributed by atoms with van der Waals surface area (Å²) in [4.78, 5) is 16.9. The van der Waals surface area contributed by atoms with E-state index in [0.717, 1.165) is 6.07 Å². The predicted molar refractivity (Wildman–Crippen MR) is 98.1 cm³/mol. The van der Waals surface area contributed by atoms with Gasteiger partial charge in [-0.05, 0) is 31.2 Å². The van der Waals surface area contributed by atoms with E-state index in [-0.39, 0.29) is 28.3 Å². The van der Waals surface area contributed by atoms with Crippen LogP contribution in [0.4, 0.5) is 19.0 Å². The van der Waals surface area contributed by atoms with Crippen LogP contribution in [-0.2, 0) is 6.18 Å². The lowest BCUT2D eigenvalue weighted by Gasteiger charge is -2.12. The average Bonchev–Trinajstić information content (AvgIpc) is 3.12. The maximum Gasteiger partial charge on any atom is 0.417 e. The second kappa shape index (κ2) is 6.97. The Morgan fingerprint density at radius 2 is 1.86 bits per heavy atom. The van der Waals surface area contributed by atoms with Crippen LogP contribution in [-0.4, -0.2) is 30.7 Å². The molecule has 146 valence electrons. The number of nitrogens with one attached hydrogen (secondary N) is 1. The van der Waals surface area contributed by atoms with Crippen molar-refractivity contribution in [3.05, 3.63) is 71.7 Å². The Kier molecular flexibility index (Phi) is 4.45. The highest BCUT2D eigenvalue weighted by molar-refractivity contribution is 6.07. The molecule has 29 heavy (non-hydrogen) atoms. The molecule has 0 aliphatic rings. The highest BCUT2D eigenvalue weighted by atomic mass is 19.4. The third kappa shape index (κ3) is 3.64. The Bertz CT molecular complexity index is 1200. The highest BCUT2D eigenvalue weighted by Gasteiger charge is 2.33. The Hall–Kier alpha value is -3.82. The molecule has 10 heteroatoms. The van der Waals surface area contributed by atoms with E-state index in [4.69, 9.17) is 0 Å². The van der Waals surface area contributed by atoms with Gasteiger partial charge in [0.25, 0.3) is 5.91 Å². The number of anilines is 1. The number of rotatable bonds is 3. The lowest BCUT2D eigenvalue weighted by Crippen LogP contribution is -2.14. The lowest BCUT2D eigenvalue weighted by atomic mass is 10.0. The molecule has 3 heterocycles. The fourth-order valence-corrected chi connectivity index (χ4v) is 2.78. The molecule has 1 amide bonds. The number of amides is 1. The van der Waals surface area contributed by atoms with Gasteiger partial charge < -0.3 is 5.32 Å². The van der Waals surface area contributed by atoms with Gasteiger partial charge in [0.05, 0.1) is 23.1 Å². The Morgan fingerprint density at radius 1 is 1.07 bits per heavy atom. The molecule has 0 spiro atoms. The molecule has 0 bridgehead atoms. The largest absolute Gasteiger partial charge is 0.417 e. The SMILES string of the molecule is Cc1ccc(NC(=O)c2cnn3ccc(-c4ccccc4C(F)(F)F)nc23)nn1. The van der Waals surface area contributed by atoms with Gasteiger partial charge in [-0.15, -0.1) is 5.10 Å². The maximum atomic E-state index is 13.3. The molecular weight excluding hydrogens is 385 g/mol. The highest BCUT2D eigenvalue weighted by Crippen LogP contribution is 2.36. The van der Waals surface area contributed by atoms with Crippen LogP contribution in [0.2, 0.25) is 0 Å². The monoisotopic (exact) mass is 398 g/mol. The van der Waals surface area contributed by atoms with Crippen LogP contribution in [0.15, 0.2) is 54.9 Å². The molecule has 0 saturated carbocycles. The number of carbonyl (C=O) groups is 1. The standard InChI is InChI=1S/C19H13F3N6O/c1-11-6-7-16(27-26-11)25-18(29)13-10-23-28-9-8-15(24-17(13)28)12-4-2-3-5-14(12)19(20,21)22/h2-10H,1H3,(H,25,27,29). The molecule has 7 nitrogen and oxygen atoms in total. The van der Waals surface area contributed by atoms with Crippen molar-refractivity contribution in [3.8, 4) is 11.3 Å². The van der Waals surface area contributed by atoms with Crippen LogP contribution < -0.4 is 5.32 Å². The number of hydrogen-bond acceptors (Lipinski definition) is 5. The minimum absolute atomic E-state index is 0.0788. The zero-order chi connectivity index (χ0) is 20.6. The van der Waals surface area contributed by atoms with Crippen molar-refractivity contribution in [1.29, 1.82) is 0 Å². The van der Waals surface area contributed by atoms with Crippen molar-refractivity contribution in [3.63, 3.8) is 0 Å². The van der Waals surface area contributed by atoms with E-state index in [9.17, 15) is 18.0 Å². The summed E-state index contributed by atoms with van der Waals surface area (Å²) in [7, 11) is 0. The lowest BCUT2D eigenvalue weighted by molar-refractivity contribution is -0.137. The van der Waals surface area contributed by atoms with Gasteiger partial charge in [0, 0.05) is 11.8 Å². The summed E-state index contributed by atoms with van der Waals surface area (Å²) in [6.45, 7) is 1.76. The number of carbonyl (C=O) groups excluding carboxylic acids is 1. The normalized spacial score (nSPS) is 11.6. The van der Waals surface area contributed by atoms with Gasteiger partial charge in [0.15, 0.2) is 11.5 Å². The van der Waals surface area contributed by atoms with Crippen molar-refractivity contribution in [2.45, 2.75) is 13.1 Å². The van der Waals surface area contributed by atoms with Gasteiger partial charge in [-0.3, -0.25) is 4.79 Å². The van der Waals surface area contributed by atoms with E-state index in [1.165, 1.54) is 41.2 Å². The van der Waals surface area contributed by atoms with Crippen LogP contribution in [0.3, 0.4) is 0 Å². The molecular formula is C19H13F3N6O. The molecule has 0 unspecified atom stereocenters. The third-order valence-electron chi connectivity index (χ3n) is 4.16. The van der Waals surface area contributed by atoms with Gasteiger partial charge >= 0.3 is 6.18 Å². The molecule has 4 aromatic rings. The molecule has 0 saturated heterocycles. The maximum absolute atomic E-state index is 13.3. The van der Waals surface area contributed by atoms with Gasteiger partial charge in [0.1, 0.15) is 5.56 Å².